The molecule has 1 saturated carbocycles. The number of hydrogen-bond donors (Lipinski definition) is 2. The van der Waals surface area contributed by atoms with Crippen LogP contribution >= 0.6 is 0 Å². The Hall–Kier alpha value is -2.45. The van der Waals surface area contributed by atoms with Gasteiger partial charge in [-0.15, -0.1) is 0 Å². The van der Waals surface area contributed by atoms with Crippen molar-refractivity contribution in [3.8, 4) is 0 Å². The zero-order chi connectivity index (χ0) is 26.0. The minimum atomic E-state index is -0.151. The zero-order valence-corrected chi connectivity index (χ0v) is 22.4. The Morgan fingerprint density at radius 1 is 1.17 bits per heavy atom. The number of furan rings is 1. The van der Waals surface area contributed by atoms with Gasteiger partial charge in [0.05, 0.1) is 25.5 Å². The van der Waals surface area contributed by atoms with Crippen molar-refractivity contribution in [2.45, 2.75) is 72.9 Å². The number of amides is 1. The van der Waals surface area contributed by atoms with E-state index in [4.69, 9.17) is 14.9 Å². The number of rotatable bonds is 6. The Balaban J connectivity index is 0.000000256. The number of nitrogens with zero attached hydrogens (tertiary/aromatic N) is 2. The van der Waals surface area contributed by atoms with Crippen molar-refractivity contribution in [3.63, 3.8) is 0 Å². The molecule has 3 N–H and O–H groups in total. The van der Waals surface area contributed by atoms with E-state index in [1.165, 1.54) is 19.8 Å². The van der Waals surface area contributed by atoms with Crippen molar-refractivity contribution < 1.29 is 18.7 Å². The molecule has 1 aliphatic carbocycles. The Labute approximate surface area is 210 Å². The first-order valence-corrected chi connectivity index (χ1v) is 12.6. The lowest BCUT2D eigenvalue weighted by atomic mass is 9.71. The van der Waals surface area contributed by atoms with Gasteiger partial charge in [-0.05, 0) is 56.1 Å². The van der Waals surface area contributed by atoms with Gasteiger partial charge in [0.15, 0.2) is 11.5 Å². The smallest absolute Gasteiger partial charge is 0.271 e. The average molecular weight is 489 g/mol. The standard InChI is InChI=1S/C16H29N3O.C11H15NO3/c1-6-13(17)14(18-5)15(20)19-12-9-7-11(8-10-12)16(2,3)4;1-9(13)11-3-2-10(15-11)8-12-4-6-14-7-5-12/h6,11-12H,7-10,17H2,1-5H3,(H,19,20);2-3H,4-8H2,1H3/b13-6+,18-14?;. The maximum Gasteiger partial charge on any atom is 0.271 e. The van der Waals surface area contributed by atoms with Gasteiger partial charge < -0.3 is 20.2 Å². The maximum absolute atomic E-state index is 12.2. The molecule has 0 unspecified atom stereocenters. The first-order chi connectivity index (χ1) is 16.5. The summed E-state index contributed by atoms with van der Waals surface area (Å²) in [5, 5.41) is 3.07. The van der Waals surface area contributed by atoms with Crippen LogP contribution in [0.5, 0.6) is 0 Å². The molecule has 0 aromatic carbocycles. The largest absolute Gasteiger partial charge is 0.457 e. The van der Waals surface area contributed by atoms with Gasteiger partial charge >= 0.3 is 0 Å². The molecule has 0 bridgehead atoms. The number of allylic oxidation sites excluding steroid dienone is 1. The van der Waals surface area contributed by atoms with Crippen LogP contribution in [-0.4, -0.2) is 61.7 Å². The van der Waals surface area contributed by atoms with Crippen LogP contribution in [0.1, 0.15) is 76.6 Å². The summed E-state index contributed by atoms with van der Waals surface area (Å²) in [7, 11) is 1.60. The Morgan fingerprint density at radius 3 is 2.29 bits per heavy atom. The van der Waals surface area contributed by atoms with Crippen LogP contribution in [0.15, 0.2) is 33.3 Å². The zero-order valence-electron chi connectivity index (χ0n) is 22.4. The number of aliphatic imine (C=N–C) groups is 1. The second-order valence-corrected chi connectivity index (χ2v) is 10.4. The van der Waals surface area contributed by atoms with Crippen LogP contribution < -0.4 is 11.1 Å². The van der Waals surface area contributed by atoms with Crippen LogP contribution in [0.3, 0.4) is 0 Å². The number of nitrogens with one attached hydrogen (secondary N) is 1. The Bertz CT molecular complexity index is 883. The molecule has 1 amide bonds. The number of nitrogens with two attached hydrogens (primary N) is 1. The number of carbonyl (C=O) groups excluding carboxylic acids is 2. The highest BCUT2D eigenvalue weighted by Gasteiger charge is 2.30. The normalized spacial score (nSPS) is 22.2. The monoisotopic (exact) mass is 488 g/mol. The maximum atomic E-state index is 12.2. The van der Waals surface area contributed by atoms with Gasteiger partial charge in [-0.2, -0.15) is 0 Å². The number of carbonyl (C=O) groups is 2. The van der Waals surface area contributed by atoms with Gasteiger partial charge in [0.1, 0.15) is 11.5 Å². The highest BCUT2D eigenvalue weighted by molar-refractivity contribution is 6.45. The fraction of sp³-hybridized carbons (Fsp3) is 0.667. The Kier molecular flexibility index (Phi) is 11.2. The molecule has 35 heavy (non-hydrogen) atoms. The molecule has 2 aliphatic rings. The van der Waals surface area contributed by atoms with Crippen molar-refractivity contribution in [2.75, 3.05) is 33.4 Å². The molecular formula is C27H44N4O4. The number of ether oxygens (including phenoxy) is 1. The predicted octanol–water partition coefficient (Wildman–Crippen LogP) is 3.96. The summed E-state index contributed by atoms with van der Waals surface area (Å²) in [5.41, 5.74) is 6.92. The molecule has 196 valence electrons. The number of ketones is 1. The summed E-state index contributed by atoms with van der Waals surface area (Å²) < 4.78 is 10.7. The van der Waals surface area contributed by atoms with Crippen LogP contribution in [0.25, 0.3) is 0 Å². The average Bonchev–Trinajstić information content (AvgIpc) is 3.29. The van der Waals surface area contributed by atoms with Crippen molar-refractivity contribution in [1.82, 2.24) is 10.2 Å². The summed E-state index contributed by atoms with van der Waals surface area (Å²) in [6.07, 6.45) is 6.14. The van der Waals surface area contributed by atoms with E-state index in [2.05, 4.69) is 36.0 Å². The van der Waals surface area contributed by atoms with Crippen molar-refractivity contribution in [2.24, 2.45) is 22.1 Å². The highest BCUT2D eigenvalue weighted by atomic mass is 16.5. The quantitative estimate of drug-likeness (QED) is 0.463. The van der Waals surface area contributed by atoms with Crippen molar-refractivity contribution in [3.05, 3.63) is 35.4 Å². The van der Waals surface area contributed by atoms with Gasteiger partial charge in [-0.3, -0.25) is 19.5 Å². The minimum Gasteiger partial charge on any atom is -0.457 e. The molecule has 8 heteroatoms. The first-order valence-electron chi connectivity index (χ1n) is 12.6. The SMILES string of the molecule is C/C=C(/N)C(=NC)C(=O)NC1CCC(C(C)(C)C)CC1.CC(=O)c1ccc(CN2CCOCC2)o1. The second-order valence-electron chi connectivity index (χ2n) is 10.4. The van der Waals surface area contributed by atoms with Crippen molar-refractivity contribution in [1.29, 1.82) is 0 Å². The van der Waals surface area contributed by atoms with E-state index in [0.717, 1.165) is 57.4 Å². The van der Waals surface area contributed by atoms with Gasteiger partial charge in [-0.1, -0.05) is 26.8 Å². The molecule has 1 aromatic heterocycles. The summed E-state index contributed by atoms with van der Waals surface area (Å²) >= 11 is 0. The molecule has 1 aromatic rings. The second kappa shape index (κ2) is 13.6. The number of Topliss-reactive ketones (excluding diaryl/α,β-unsaturated/α-hetero) is 1. The van der Waals surface area contributed by atoms with E-state index in [-0.39, 0.29) is 17.7 Å². The third-order valence-electron chi connectivity index (χ3n) is 6.80. The first kappa shape index (κ1) is 28.8. The number of hydrogen-bond acceptors (Lipinski definition) is 7. The molecule has 0 atom stereocenters. The third-order valence-corrected chi connectivity index (χ3v) is 6.80. The van der Waals surface area contributed by atoms with E-state index in [9.17, 15) is 9.59 Å². The van der Waals surface area contributed by atoms with Crippen LogP contribution in [0, 0.1) is 11.3 Å². The van der Waals surface area contributed by atoms with E-state index in [1.807, 2.05) is 13.0 Å². The van der Waals surface area contributed by atoms with E-state index < -0.39 is 0 Å². The lowest BCUT2D eigenvalue weighted by Gasteiger charge is -2.37. The van der Waals surface area contributed by atoms with E-state index in [0.29, 0.717) is 22.6 Å². The molecule has 2 heterocycles. The Morgan fingerprint density at radius 2 is 1.80 bits per heavy atom. The molecule has 2 fully saturated rings. The number of morpholine rings is 1. The van der Waals surface area contributed by atoms with Crippen molar-refractivity contribution >= 4 is 17.4 Å². The van der Waals surface area contributed by atoms with Crippen LogP contribution in [0.2, 0.25) is 0 Å². The minimum absolute atomic E-state index is 0.0248. The summed E-state index contributed by atoms with van der Waals surface area (Å²) in [6.45, 7) is 14.4. The summed E-state index contributed by atoms with van der Waals surface area (Å²) in [5.74, 6) is 1.86. The topological polar surface area (TPSA) is 110 Å². The van der Waals surface area contributed by atoms with Gasteiger partial charge in [0, 0.05) is 33.1 Å². The molecule has 8 nitrogen and oxygen atoms in total. The summed E-state index contributed by atoms with van der Waals surface area (Å²) in [4.78, 5) is 29.4. The van der Waals surface area contributed by atoms with Gasteiger partial charge in [0.2, 0.25) is 0 Å². The van der Waals surface area contributed by atoms with Crippen LogP contribution in [0.4, 0.5) is 0 Å². The van der Waals surface area contributed by atoms with Gasteiger partial charge in [0.25, 0.3) is 5.91 Å². The lowest BCUT2D eigenvalue weighted by molar-refractivity contribution is -0.115. The fourth-order valence-corrected chi connectivity index (χ4v) is 4.49. The molecule has 0 spiro atoms. The van der Waals surface area contributed by atoms with Gasteiger partial charge in [-0.25, -0.2) is 0 Å². The molecular weight excluding hydrogens is 444 g/mol. The third kappa shape index (κ3) is 9.26. The molecule has 0 radical (unpaired) electrons. The molecule has 1 aliphatic heterocycles. The molecule has 1 saturated heterocycles. The highest BCUT2D eigenvalue weighted by Crippen LogP contribution is 2.37. The van der Waals surface area contributed by atoms with Crippen LogP contribution in [-0.2, 0) is 16.1 Å². The van der Waals surface area contributed by atoms with E-state index >= 15 is 0 Å². The lowest BCUT2D eigenvalue weighted by Crippen LogP contribution is -2.43. The summed E-state index contributed by atoms with van der Waals surface area (Å²) in [6, 6.07) is 3.85. The van der Waals surface area contributed by atoms with E-state index in [1.54, 1.807) is 19.2 Å². The predicted molar refractivity (Wildman–Crippen MR) is 139 cm³/mol. The molecule has 3 rings (SSSR count). The fourth-order valence-electron chi connectivity index (χ4n) is 4.49.